The summed E-state index contributed by atoms with van der Waals surface area (Å²) in [4.78, 5) is 22.1. The Morgan fingerprint density at radius 3 is 2.23 bits per heavy atom. The molecule has 2 rings (SSSR count). The molecule has 1 atom stereocenters. The molecule has 2 aromatic rings. The average molecular weight is 378 g/mol. The number of ether oxygens (including phenoxy) is 2. The number of halogens is 1. The Balaban J connectivity index is 2.25. The van der Waals surface area contributed by atoms with Crippen molar-refractivity contribution in [3.05, 3.63) is 58.1 Å². The Bertz CT molecular complexity index is 781. The molecular weight excluding hydrogens is 358 g/mol. The number of carbonyl (C=O) groups is 2. The topological polar surface area (TPSA) is 84.9 Å². The molecule has 1 unspecified atom stereocenters. The van der Waals surface area contributed by atoms with Crippen LogP contribution in [0.1, 0.15) is 29.8 Å². The van der Waals surface area contributed by atoms with Gasteiger partial charge in [-0.05, 0) is 61.4 Å². The first-order valence-electron chi connectivity index (χ1n) is 7.91. The number of aryl methyl sites for hydroxylation is 2. The van der Waals surface area contributed by atoms with Crippen LogP contribution in [0.25, 0.3) is 0 Å². The summed E-state index contributed by atoms with van der Waals surface area (Å²) in [5.74, 6) is -0.247. The molecule has 0 heterocycles. The zero-order chi connectivity index (χ0) is 19.3. The minimum absolute atomic E-state index is 0.245. The molecule has 6 nitrogen and oxygen atoms in total. The van der Waals surface area contributed by atoms with E-state index in [1.807, 2.05) is 13.8 Å². The van der Waals surface area contributed by atoms with E-state index in [-0.39, 0.29) is 5.91 Å². The Morgan fingerprint density at radius 1 is 1.15 bits per heavy atom. The zero-order valence-electron chi connectivity index (χ0n) is 14.7. The molecule has 0 aliphatic heterocycles. The molecule has 0 spiro atoms. The van der Waals surface area contributed by atoms with E-state index >= 15 is 0 Å². The lowest BCUT2D eigenvalue weighted by Gasteiger charge is -2.23. The van der Waals surface area contributed by atoms with Crippen molar-refractivity contribution in [1.29, 1.82) is 0 Å². The fourth-order valence-corrected chi connectivity index (χ4v) is 2.78. The minimum Gasteiger partial charge on any atom is -0.482 e. The van der Waals surface area contributed by atoms with E-state index in [4.69, 9.17) is 26.2 Å². The number of carbonyl (C=O) groups excluding carboxylic acids is 1. The van der Waals surface area contributed by atoms with Crippen LogP contribution in [0.4, 0.5) is 0 Å². The van der Waals surface area contributed by atoms with Gasteiger partial charge in [0.2, 0.25) is 5.91 Å². The lowest BCUT2D eigenvalue weighted by atomic mass is 10.1. The van der Waals surface area contributed by atoms with Crippen LogP contribution >= 0.6 is 11.6 Å². The van der Waals surface area contributed by atoms with Gasteiger partial charge in [-0.3, -0.25) is 4.79 Å². The van der Waals surface area contributed by atoms with Gasteiger partial charge in [0.15, 0.2) is 12.8 Å². The van der Waals surface area contributed by atoms with E-state index < -0.39 is 18.8 Å². The van der Waals surface area contributed by atoms with Crippen molar-refractivity contribution in [2.24, 2.45) is 0 Å². The summed E-state index contributed by atoms with van der Waals surface area (Å²) in [5, 5.41) is 12.0. The molecule has 0 fully saturated rings. The highest BCUT2D eigenvalue weighted by Crippen LogP contribution is 2.31. The zero-order valence-corrected chi connectivity index (χ0v) is 15.5. The van der Waals surface area contributed by atoms with Crippen LogP contribution in [0.2, 0.25) is 5.02 Å². The average Bonchev–Trinajstić information content (AvgIpc) is 2.55. The largest absolute Gasteiger partial charge is 0.482 e. The van der Waals surface area contributed by atoms with Crippen molar-refractivity contribution in [2.45, 2.75) is 27.0 Å². The molecule has 0 radical (unpaired) electrons. The number of aliphatic carboxylic acids is 1. The van der Waals surface area contributed by atoms with Crippen molar-refractivity contribution < 1.29 is 24.2 Å². The summed E-state index contributed by atoms with van der Waals surface area (Å²) in [6.45, 7) is 4.74. The van der Waals surface area contributed by atoms with Gasteiger partial charge in [0.05, 0.1) is 0 Å². The fraction of sp³-hybridized carbons (Fsp3) is 0.263. The Morgan fingerprint density at radius 2 is 1.73 bits per heavy atom. The summed E-state index contributed by atoms with van der Waals surface area (Å²) in [6, 6.07) is 10.2. The second kappa shape index (κ2) is 8.58. The molecule has 0 aliphatic carbocycles. The van der Waals surface area contributed by atoms with E-state index in [0.29, 0.717) is 22.1 Å². The van der Waals surface area contributed by atoms with Crippen molar-refractivity contribution in [1.82, 2.24) is 5.32 Å². The van der Waals surface area contributed by atoms with Gasteiger partial charge in [-0.2, -0.15) is 0 Å². The van der Waals surface area contributed by atoms with Crippen LogP contribution in [0.3, 0.4) is 0 Å². The number of carboxylic acid groups (broad SMARTS) is 1. The minimum atomic E-state index is -1.05. The third-order valence-corrected chi connectivity index (χ3v) is 3.76. The fourth-order valence-electron chi connectivity index (χ4n) is 2.45. The normalized spacial score (nSPS) is 11.5. The summed E-state index contributed by atoms with van der Waals surface area (Å²) in [6.07, 6.45) is -0.709. The number of hydrogen-bond acceptors (Lipinski definition) is 4. The van der Waals surface area contributed by atoms with Gasteiger partial charge < -0.3 is 19.9 Å². The van der Waals surface area contributed by atoms with Gasteiger partial charge >= 0.3 is 5.97 Å². The smallest absolute Gasteiger partial charge is 0.341 e. The summed E-state index contributed by atoms with van der Waals surface area (Å²) in [5.41, 5.74) is 2.40. The highest BCUT2D eigenvalue weighted by atomic mass is 35.5. The maximum Gasteiger partial charge on any atom is 0.341 e. The molecule has 0 saturated heterocycles. The van der Waals surface area contributed by atoms with Crippen LogP contribution in [0.5, 0.6) is 11.5 Å². The Labute approximate surface area is 156 Å². The second-order valence-corrected chi connectivity index (χ2v) is 6.26. The van der Waals surface area contributed by atoms with Crippen LogP contribution < -0.4 is 14.8 Å². The third-order valence-electron chi connectivity index (χ3n) is 3.54. The van der Waals surface area contributed by atoms with Crippen LogP contribution in [0, 0.1) is 13.8 Å². The number of nitrogens with one attached hydrogen (secondary N) is 1. The van der Waals surface area contributed by atoms with Gasteiger partial charge in [-0.1, -0.05) is 11.6 Å². The van der Waals surface area contributed by atoms with E-state index in [1.165, 1.54) is 6.92 Å². The summed E-state index contributed by atoms with van der Waals surface area (Å²) in [7, 11) is 0. The summed E-state index contributed by atoms with van der Waals surface area (Å²) >= 11 is 6.05. The second-order valence-electron chi connectivity index (χ2n) is 5.82. The van der Waals surface area contributed by atoms with Crippen molar-refractivity contribution in [2.75, 3.05) is 6.61 Å². The van der Waals surface area contributed by atoms with E-state index in [2.05, 4.69) is 5.32 Å². The Hall–Kier alpha value is -2.73. The Kier molecular flexibility index (Phi) is 6.46. The molecule has 0 aliphatic rings. The molecule has 2 N–H and O–H groups in total. The first-order valence-corrected chi connectivity index (χ1v) is 8.29. The molecule has 7 heteroatoms. The lowest BCUT2D eigenvalue weighted by Crippen LogP contribution is -2.30. The molecule has 26 heavy (non-hydrogen) atoms. The highest BCUT2D eigenvalue weighted by Gasteiger charge is 2.17. The lowest BCUT2D eigenvalue weighted by molar-refractivity contribution is -0.139. The summed E-state index contributed by atoms with van der Waals surface area (Å²) < 4.78 is 11.2. The van der Waals surface area contributed by atoms with Gasteiger partial charge in [0.1, 0.15) is 11.5 Å². The molecule has 1 amide bonds. The van der Waals surface area contributed by atoms with E-state index in [9.17, 15) is 9.59 Å². The number of benzene rings is 2. The first kappa shape index (κ1) is 19.6. The molecule has 0 bridgehead atoms. The predicted molar refractivity (Wildman–Crippen MR) is 97.7 cm³/mol. The molecule has 0 aromatic heterocycles. The van der Waals surface area contributed by atoms with Gasteiger partial charge in [-0.25, -0.2) is 4.79 Å². The monoisotopic (exact) mass is 377 g/mol. The van der Waals surface area contributed by atoms with E-state index in [0.717, 1.165) is 11.1 Å². The van der Waals surface area contributed by atoms with Crippen LogP contribution in [-0.2, 0) is 9.59 Å². The number of carboxylic acids is 1. The number of rotatable bonds is 7. The molecule has 0 saturated carbocycles. The molecule has 138 valence electrons. The van der Waals surface area contributed by atoms with Gasteiger partial charge in [-0.15, -0.1) is 0 Å². The highest BCUT2D eigenvalue weighted by molar-refractivity contribution is 6.30. The maximum absolute atomic E-state index is 11.6. The number of hydrogen-bond donors (Lipinski definition) is 2. The SMILES string of the molecule is CC(=O)NC(Oc1c(C)cc(Cl)cc1C)c1ccc(OCC(=O)O)cc1. The van der Waals surface area contributed by atoms with Crippen LogP contribution in [0.15, 0.2) is 36.4 Å². The molecular formula is C19H20ClNO5. The first-order chi connectivity index (χ1) is 12.3. The van der Waals surface area contributed by atoms with Crippen LogP contribution in [-0.4, -0.2) is 23.6 Å². The van der Waals surface area contributed by atoms with E-state index in [1.54, 1.807) is 36.4 Å². The quantitative estimate of drug-likeness (QED) is 0.719. The van der Waals surface area contributed by atoms with Crippen molar-refractivity contribution >= 4 is 23.5 Å². The standard InChI is InChI=1S/C19H20ClNO5/c1-11-8-15(20)9-12(2)18(11)26-19(21-13(3)22)14-4-6-16(7-5-14)25-10-17(23)24/h4-9,19H,10H2,1-3H3,(H,21,22)(H,23,24). The maximum atomic E-state index is 11.6. The van der Waals surface area contributed by atoms with Crippen molar-refractivity contribution in [3.63, 3.8) is 0 Å². The van der Waals surface area contributed by atoms with Gasteiger partial charge in [0, 0.05) is 17.5 Å². The number of amides is 1. The molecule has 2 aromatic carbocycles. The van der Waals surface area contributed by atoms with Crippen molar-refractivity contribution in [3.8, 4) is 11.5 Å². The van der Waals surface area contributed by atoms with Gasteiger partial charge in [0.25, 0.3) is 0 Å². The third kappa shape index (κ3) is 5.39. The predicted octanol–water partition coefficient (Wildman–Crippen LogP) is 3.63.